The molecule has 106 valence electrons. The van der Waals surface area contributed by atoms with E-state index in [0.29, 0.717) is 0 Å². The van der Waals surface area contributed by atoms with E-state index in [0.717, 1.165) is 19.0 Å². The van der Waals surface area contributed by atoms with Gasteiger partial charge >= 0.3 is 0 Å². The Kier molecular flexibility index (Phi) is 19.5. The fourth-order valence-corrected chi connectivity index (χ4v) is 0.829. The third-order valence-electron chi connectivity index (χ3n) is 1.52. The van der Waals surface area contributed by atoms with Crippen LogP contribution >= 0.6 is 0 Å². The minimum atomic E-state index is 0.844. The Balaban J connectivity index is 0. The number of methoxy groups -OCH3 is 1. The first-order valence-corrected chi connectivity index (χ1v) is 5.66. The maximum Gasteiger partial charge on any atom is 0.118 e. The highest BCUT2D eigenvalue weighted by Crippen LogP contribution is 2.05. The molecule has 0 amide bonds. The smallest absolute Gasteiger partial charge is 0.118 e. The van der Waals surface area contributed by atoms with Crippen LogP contribution < -0.4 is 4.74 Å². The summed E-state index contributed by atoms with van der Waals surface area (Å²) in [5.74, 6) is 0.910. The van der Waals surface area contributed by atoms with Crippen LogP contribution in [0.4, 0.5) is 0 Å². The van der Waals surface area contributed by atoms with Crippen molar-refractivity contribution in [2.75, 3.05) is 34.5 Å². The Bertz CT molecular complexity index is 218. The van der Waals surface area contributed by atoms with Gasteiger partial charge in [0.1, 0.15) is 5.75 Å². The third kappa shape index (κ3) is 17.3. The van der Waals surface area contributed by atoms with E-state index >= 15 is 0 Å². The lowest BCUT2D eigenvalue weighted by Crippen LogP contribution is -1.84. The second kappa shape index (κ2) is 18.2. The van der Waals surface area contributed by atoms with Crippen LogP contribution in [0.3, 0.4) is 0 Å². The van der Waals surface area contributed by atoms with Crippen LogP contribution in [0.25, 0.3) is 0 Å². The van der Waals surface area contributed by atoms with Crippen molar-refractivity contribution in [1.82, 2.24) is 0 Å². The molecule has 0 aliphatic rings. The maximum atomic E-state index is 4.91. The van der Waals surface area contributed by atoms with Crippen LogP contribution in [0.5, 0.6) is 5.75 Å². The number of hydrogen-bond donors (Lipinski definition) is 0. The highest BCUT2D eigenvalue weighted by Gasteiger charge is 1.80. The zero-order valence-electron chi connectivity index (χ0n) is 11.8. The quantitative estimate of drug-likeness (QED) is 0.601. The first-order valence-electron chi connectivity index (χ1n) is 5.66. The van der Waals surface area contributed by atoms with Crippen LogP contribution in [0, 0.1) is 0 Å². The molecule has 18 heavy (non-hydrogen) atoms. The first-order chi connectivity index (χ1) is 8.76. The van der Waals surface area contributed by atoms with Gasteiger partial charge in [0.05, 0.1) is 21.3 Å². The fourth-order valence-electron chi connectivity index (χ4n) is 0.829. The van der Waals surface area contributed by atoms with Gasteiger partial charge in [-0.05, 0) is 26.0 Å². The molecule has 1 aromatic carbocycles. The van der Waals surface area contributed by atoms with Gasteiger partial charge in [0.25, 0.3) is 0 Å². The molecule has 0 unspecified atom stereocenters. The SMILES string of the molecule is CCOCC.COOOC.COc1ccccc1. The lowest BCUT2D eigenvalue weighted by atomic mass is 10.3. The molecule has 1 rings (SSSR count). The second-order valence-corrected chi connectivity index (χ2v) is 2.70. The largest absolute Gasteiger partial charge is 0.497 e. The van der Waals surface area contributed by atoms with E-state index in [9.17, 15) is 0 Å². The molecule has 0 spiro atoms. The molecular formula is C13H24O5. The lowest BCUT2D eigenvalue weighted by Gasteiger charge is -1.93. The van der Waals surface area contributed by atoms with E-state index < -0.39 is 0 Å². The van der Waals surface area contributed by atoms with Crippen LogP contribution in [-0.2, 0) is 19.6 Å². The van der Waals surface area contributed by atoms with Crippen molar-refractivity contribution in [2.45, 2.75) is 13.8 Å². The second-order valence-electron chi connectivity index (χ2n) is 2.70. The summed E-state index contributed by atoms with van der Waals surface area (Å²) < 4.78 is 9.75. The van der Waals surface area contributed by atoms with Crippen LogP contribution in [0.15, 0.2) is 30.3 Å². The van der Waals surface area contributed by atoms with Crippen LogP contribution in [0.2, 0.25) is 0 Å². The topological polar surface area (TPSA) is 46.2 Å². The molecule has 5 nitrogen and oxygen atoms in total. The maximum absolute atomic E-state index is 4.91. The van der Waals surface area contributed by atoms with E-state index in [1.807, 2.05) is 44.2 Å². The Morgan fingerprint density at radius 3 is 1.50 bits per heavy atom. The zero-order valence-corrected chi connectivity index (χ0v) is 11.8. The minimum absolute atomic E-state index is 0.844. The van der Waals surface area contributed by atoms with Crippen LogP contribution in [-0.4, -0.2) is 34.5 Å². The Labute approximate surface area is 109 Å². The van der Waals surface area contributed by atoms with Gasteiger partial charge in [-0.25, -0.2) is 9.78 Å². The highest BCUT2D eigenvalue weighted by molar-refractivity contribution is 5.20. The summed E-state index contributed by atoms with van der Waals surface area (Å²) in [6.45, 7) is 5.67. The number of rotatable bonds is 5. The molecular weight excluding hydrogens is 236 g/mol. The summed E-state index contributed by atoms with van der Waals surface area (Å²) >= 11 is 0. The normalized spacial score (nSPS) is 8.50. The number of para-hydroxylation sites is 1. The number of hydrogen-bond acceptors (Lipinski definition) is 5. The molecule has 0 aromatic heterocycles. The average Bonchev–Trinajstić information content (AvgIpc) is 2.43. The van der Waals surface area contributed by atoms with Gasteiger partial charge in [0.15, 0.2) is 0 Å². The fraction of sp³-hybridized carbons (Fsp3) is 0.538. The molecule has 1 aromatic rings. The first kappa shape index (κ1) is 19.2. The van der Waals surface area contributed by atoms with Gasteiger partial charge in [0, 0.05) is 13.2 Å². The van der Waals surface area contributed by atoms with Gasteiger partial charge in [-0.1, -0.05) is 23.2 Å². The van der Waals surface area contributed by atoms with Crippen molar-refractivity contribution in [3.63, 3.8) is 0 Å². The Hall–Kier alpha value is -1.14. The van der Waals surface area contributed by atoms with Gasteiger partial charge < -0.3 is 9.47 Å². The Morgan fingerprint density at radius 1 is 0.833 bits per heavy atom. The summed E-state index contributed by atoms with van der Waals surface area (Å²) in [4.78, 5) is 7.94. The predicted molar refractivity (Wildman–Crippen MR) is 70.3 cm³/mol. The van der Waals surface area contributed by atoms with Crippen molar-refractivity contribution in [1.29, 1.82) is 0 Å². The van der Waals surface area contributed by atoms with E-state index in [1.165, 1.54) is 14.2 Å². The molecule has 0 saturated heterocycles. The average molecular weight is 260 g/mol. The predicted octanol–water partition coefficient (Wildman–Crippen LogP) is 2.86. The Morgan fingerprint density at radius 2 is 1.33 bits per heavy atom. The monoisotopic (exact) mass is 260 g/mol. The molecule has 0 saturated carbocycles. The molecule has 5 heteroatoms. The van der Waals surface area contributed by atoms with Gasteiger partial charge in [0.2, 0.25) is 0 Å². The van der Waals surface area contributed by atoms with Crippen molar-refractivity contribution in [3.05, 3.63) is 30.3 Å². The molecule has 0 atom stereocenters. The lowest BCUT2D eigenvalue weighted by molar-refractivity contribution is -0.491. The summed E-state index contributed by atoms with van der Waals surface area (Å²) in [5, 5.41) is 3.83. The summed E-state index contributed by atoms with van der Waals surface area (Å²) in [6.07, 6.45) is 0. The van der Waals surface area contributed by atoms with E-state index in [4.69, 9.17) is 9.47 Å². The van der Waals surface area contributed by atoms with E-state index in [-0.39, 0.29) is 0 Å². The standard InChI is InChI=1S/C7H8O.C4H10O.C2H6O3/c1-8-7-5-3-2-4-6-7;2*1-3-5-4-2/h2-6H,1H3;3-4H2,1-2H3;1-2H3. The van der Waals surface area contributed by atoms with Gasteiger partial charge in [-0.15, -0.1) is 0 Å². The van der Waals surface area contributed by atoms with Crippen molar-refractivity contribution in [2.24, 2.45) is 0 Å². The molecule has 0 fully saturated rings. The minimum Gasteiger partial charge on any atom is -0.497 e. The van der Waals surface area contributed by atoms with E-state index in [1.54, 1.807) is 7.11 Å². The molecule has 0 N–H and O–H groups in total. The molecule has 0 aliphatic carbocycles. The molecule has 0 heterocycles. The zero-order chi connectivity index (χ0) is 14.1. The number of ether oxygens (including phenoxy) is 2. The molecule has 0 aliphatic heterocycles. The highest BCUT2D eigenvalue weighted by atomic mass is 17.5. The van der Waals surface area contributed by atoms with Crippen molar-refractivity contribution in [3.8, 4) is 5.75 Å². The van der Waals surface area contributed by atoms with Crippen LogP contribution in [0.1, 0.15) is 13.8 Å². The van der Waals surface area contributed by atoms with Crippen molar-refractivity contribution < 1.29 is 24.3 Å². The summed E-state index contributed by atoms with van der Waals surface area (Å²) in [7, 11) is 4.39. The van der Waals surface area contributed by atoms with E-state index in [2.05, 4.69) is 14.8 Å². The summed E-state index contributed by atoms with van der Waals surface area (Å²) in [5.41, 5.74) is 0. The summed E-state index contributed by atoms with van der Waals surface area (Å²) in [6, 6.07) is 9.68. The third-order valence-corrected chi connectivity index (χ3v) is 1.52. The molecule has 0 radical (unpaired) electrons. The number of benzene rings is 1. The molecule has 0 bridgehead atoms. The van der Waals surface area contributed by atoms with Gasteiger partial charge in [-0.2, -0.15) is 0 Å². The van der Waals surface area contributed by atoms with Crippen molar-refractivity contribution >= 4 is 0 Å². The van der Waals surface area contributed by atoms with Gasteiger partial charge in [-0.3, -0.25) is 0 Å².